The fourth-order valence-electron chi connectivity index (χ4n) is 2.31. The predicted octanol–water partition coefficient (Wildman–Crippen LogP) is 2.87. The van der Waals surface area contributed by atoms with Gasteiger partial charge in [0.2, 0.25) is 5.95 Å². The smallest absolute Gasteiger partial charge is 0.435 e. The molecule has 3 rings (SSSR count). The van der Waals surface area contributed by atoms with Crippen molar-refractivity contribution < 1.29 is 22.7 Å². The molecule has 24 heavy (non-hydrogen) atoms. The molecule has 0 radical (unpaired) electrons. The summed E-state index contributed by atoms with van der Waals surface area (Å²) in [6.07, 6.45) is -4.74. The zero-order valence-electron chi connectivity index (χ0n) is 12.6. The van der Waals surface area contributed by atoms with Crippen molar-refractivity contribution in [2.75, 3.05) is 12.4 Å². The van der Waals surface area contributed by atoms with Gasteiger partial charge in [-0.25, -0.2) is 4.98 Å². The molecule has 126 valence electrons. The maximum atomic E-state index is 12.9. The quantitative estimate of drug-likeness (QED) is 0.684. The van der Waals surface area contributed by atoms with E-state index >= 15 is 0 Å². The van der Waals surface area contributed by atoms with Crippen molar-refractivity contribution >= 4 is 22.9 Å². The highest BCUT2D eigenvalue weighted by Gasteiger charge is 2.39. The Balaban J connectivity index is 1.95. The van der Waals surface area contributed by atoms with E-state index < -0.39 is 23.3 Å². The number of hydrogen-bond acceptors (Lipinski definition) is 4. The van der Waals surface area contributed by atoms with Gasteiger partial charge in [0.25, 0.3) is 5.91 Å². The third kappa shape index (κ3) is 2.66. The van der Waals surface area contributed by atoms with Gasteiger partial charge in [0.15, 0.2) is 5.69 Å². The van der Waals surface area contributed by atoms with Crippen LogP contribution in [0.1, 0.15) is 21.7 Å². The molecule has 0 atom stereocenters. The van der Waals surface area contributed by atoms with Gasteiger partial charge in [0, 0.05) is 5.69 Å². The van der Waals surface area contributed by atoms with Crippen LogP contribution in [0.4, 0.5) is 19.1 Å². The lowest BCUT2D eigenvalue weighted by atomic mass is 10.1. The number of hydrogen-bond donors (Lipinski definition) is 3. The number of aryl methyl sites for hydroxylation is 1. The van der Waals surface area contributed by atoms with E-state index in [1.807, 2.05) is 0 Å². The first-order chi connectivity index (χ1) is 11.3. The summed E-state index contributed by atoms with van der Waals surface area (Å²) < 4.78 is 43.9. The molecule has 7 nitrogen and oxygen atoms in total. The minimum atomic E-state index is -4.74. The Labute approximate surface area is 133 Å². The minimum Gasteiger partial charge on any atom is -0.494 e. The topological polar surface area (TPSA) is 95.7 Å². The van der Waals surface area contributed by atoms with E-state index in [9.17, 15) is 18.0 Å². The fraction of sp³-hybridized carbons (Fsp3) is 0.214. The Bertz CT molecular complexity index is 913. The van der Waals surface area contributed by atoms with Crippen LogP contribution in [0.5, 0.6) is 5.75 Å². The van der Waals surface area contributed by atoms with Crippen LogP contribution in [0.3, 0.4) is 0 Å². The molecular formula is C14H12F3N5O2. The van der Waals surface area contributed by atoms with E-state index in [1.54, 1.807) is 18.2 Å². The number of para-hydroxylation sites is 1. The molecule has 3 N–H and O–H groups in total. The Morgan fingerprint density at radius 3 is 2.75 bits per heavy atom. The van der Waals surface area contributed by atoms with E-state index in [2.05, 4.69) is 25.5 Å². The van der Waals surface area contributed by atoms with E-state index in [0.29, 0.717) is 16.8 Å². The van der Waals surface area contributed by atoms with Crippen molar-refractivity contribution in [1.82, 2.24) is 20.2 Å². The molecule has 10 heteroatoms. The minimum absolute atomic E-state index is 0.00762. The first-order valence-corrected chi connectivity index (χ1v) is 6.77. The average molecular weight is 339 g/mol. The summed E-state index contributed by atoms with van der Waals surface area (Å²) in [5.41, 5.74) is -0.811. The largest absolute Gasteiger partial charge is 0.494 e. The van der Waals surface area contributed by atoms with Gasteiger partial charge in [0.05, 0.1) is 18.2 Å². The zero-order valence-corrected chi connectivity index (χ0v) is 12.6. The number of amides is 1. The van der Waals surface area contributed by atoms with Crippen LogP contribution in [-0.2, 0) is 6.18 Å². The van der Waals surface area contributed by atoms with Crippen molar-refractivity contribution in [2.24, 2.45) is 0 Å². The second-order valence-corrected chi connectivity index (χ2v) is 4.97. The summed E-state index contributed by atoms with van der Waals surface area (Å²) >= 11 is 0. The van der Waals surface area contributed by atoms with Crippen molar-refractivity contribution in [1.29, 1.82) is 0 Å². The van der Waals surface area contributed by atoms with Crippen molar-refractivity contribution in [3.05, 3.63) is 35.2 Å². The van der Waals surface area contributed by atoms with Crippen molar-refractivity contribution in [3.8, 4) is 5.75 Å². The number of aromatic amines is 2. The molecule has 3 aromatic rings. The molecule has 0 saturated carbocycles. The maximum absolute atomic E-state index is 12.9. The number of ether oxygens (including phenoxy) is 1. The Morgan fingerprint density at radius 2 is 2.08 bits per heavy atom. The SMILES string of the molecule is COc1cccc2[nH]c(NC(=O)c3c(C(F)(F)F)n[nH]c3C)nc12. The lowest BCUT2D eigenvalue weighted by Gasteiger charge is -2.06. The van der Waals surface area contributed by atoms with E-state index in [-0.39, 0.29) is 11.6 Å². The first-order valence-electron chi connectivity index (χ1n) is 6.77. The third-order valence-corrected chi connectivity index (χ3v) is 3.37. The number of fused-ring (bicyclic) bond motifs is 1. The Kier molecular flexibility index (Phi) is 3.66. The number of imidazole rings is 1. The molecule has 0 spiro atoms. The van der Waals surface area contributed by atoms with Crippen LogP contribution in [0.25, 0.3) is 11.0 Å². The van der Waals surface area contributed by atoms with Gasteiger partial charge in [-0.1, -0.05) is 6.07 Å². The van der Waals surface area contributed by atoms with Crippen LogP contribution >= 0.6 is 0 Å². The van der Waals surface area contributed by atoms with Gasteiger partial charge in [-0.05, 0) is 19.1 Å². The molecule has 0 aliphatic rings. The molecule has 1 aromatic carbocycles. The second kappa shape index (κ2) is 5.55. The number of nitrogens with zero attached hydrogens (tertiary/aromatic N) is 2. The Morgan fingerprint density at radius 1 is 1.33 bits per heavy atom. The first kappa shape index (κ1) is 15.8. The number of alkyl halides is 3. The number of benzene rings is 1. The molecule has 0 bridgehead atoms. The standard InChI is InChI=1S/C14H12F3N5O2/c1-6-9(11(22-21-6)14(15,16)17)12(23)20-13-18-7-4-3-5-8(24-2)10(7)19-13/h3-5H,1-2H3,(H,21,22)(H2,18,19,20,23). The molecular weight excluding hydrogens is 327 g/mol. The molecule has 0 unspecified atom stereocenters. The number of anilines is 1. The molecule has 2 aromatic heterocycles. The van der Waals surface area contributed by atoms with Gasteiger partial charge >= 0.3 is 6.18 Å². The van der Waals surface area contributed by atoms with Crippen LogP contribution in [0.2, 0.25) is 0 Å². The summed E-state index contributed by atoms with van der Waals surface area (Å²) in [5.74, 6) is -0.487. The zero-order chi connectivity index (χ0) is 17.5. The predicted molar refractivity (Wildman–Crippen MR) is 78.9 cm³/mol. The lowest BCUT2D eigenvalue weighted by Crippen LogP contribution is -2.19. The second-order valence-electron chi connectivity index (χ2n) is 4.97. The molecule has 0 fully saturated rings. The van der Waals surface area contributed by atoms with Crippen molar-refractivity contribution in [2.45, 2.75) is 13.1 Å². The molecule has 0 saturated heterocycles. The number of halogens is 3. The van der Waals surface area contributed by atoms with Crippen LogP contribution in [-0.4, -0.2) is 33.2 Å². The number of rotatable bonds is 3. The van der Waals surface area contributed by atoms with Crippen molar-refractivity contribution in [3.63, 3.8) is 0 Å². The van der Waals surface area contributed by atoms with E-state index in [1.165, 1.54) is 14.0 Å². The van der Waals surface area contributed by atoms with Gasteiger partial charge in [-0.15, -0.1) is 0 Å². The average Bonchev–Trinajstić information content (AvgIpc) is 3.08. The van der Waals surface area contributed by atoms with Gasteiger partial charge < -0.3 is 9.72 Å². The summed E-state index contributed by atoms with van der Waals surface area (Å²) in [6, 6.07) is 5.09. The maximum Gasteiger partial charge on any atom is 0.435 e. The third-order valence-electron chi connectivity index (χ3n) is 3.37. The normalized spacial score (nSPS) is 11.7. The molecule has 0 aliphatic heterocycles. The highest BCUT2D eigenvalue weighted by atomic mass is 19.4. The van der Waals surface area contributed by atoms with Crippen LogP contribution < -0.4 is 10.1 Å². The molecule has 0 aliphatic carbocycles. The highest BCUT2D eigenvalue weighted by molar-refractivity contribution is 6.05. The van der Waals surface area contributed by atoms with Gasteiger partial charge in [-0.2, -0.15) is 18.3 Å². The number of H-pyrrole nitrogens is 2. The summed E-state index contributed by atoms with van der Waals surface area (Å²) in [6.45, 7) is 1.33. The van der Waals surface area contributed by atoms with Crippen LogP contribution in [0, 0.1) is 6.92 Å². The lowest BCUT2D eigenvalue weighted by molar-refractivity contribution is -0.141. The number of nitrogens with one attached hydrogen (secondary N) is 3. The molecule has 1 amide bonds. The van der Waals surface area contributed by atoms with Gasteiger partial charge in [-0.3, -0.25) is 15.2 Å². The Hall–Kier alpha value is -3.04. The monoisotopic (exact) mass is 339 g/mol. The fourth-order valence-corrected chi connectivity index (χ4v) is 2.31. The van der Waals surface area contributed by atoms with E-state index in [0.717, 1.165) is 0 Å². The number of carbonyl (C=O) groups excluding carboxylic acids is 1. The number of aromatic nitrogens is 4. The summed E-state index contributed by atoms with van der Waals surface area (Å²) in [7, 11) is 1.46. The summed E-state index contributed by atoms with van der Waals surface area (Å²) in [5, 5.41) is 7.65. The highest BCUT2D eigenvalue weighted by Crippen LogP contribution is 2.32. The molecule has 2 heterocycles. The number of methoxy groups -OCH3 is 1. The van der Waals surface area contributed by atoms with Gasteiger partial charge in [0.1, 0.15) is 11.3 Å². The summed E-state index contributed by atoms with van der Waals surface area (Å²) in [4.78, 5) is 19.2. The van der Waals surface area contributed by atoms with E-state index in [4.69, 9.17) is 4.74 Å². The number of carbonyl (C=O) groups is 1. The van der Waals surface area contributed by atoms with Crippen LogP contribution in [0.15, 0.2) is 18.2 Å².